The minimum absolute atomic E-state index is 0.0302. The van der Waals surface area contributed by atoms with Gasteiger partial charge in [-0.2, -0.15) is 0 Å². The Balaban J connectivity index is 1.89. The van der Waals surface area contributed by atoms with E-state index in [0.29, 0.717) is 6.54 Å². The summed E-state index contributed by atoms with van der Waals surface area (Å²) in [5.74, 6) is 0.758. The van der Waals surface area contributed by atoms with Crippen molar-refractivity contribution in [1.82, 2.24) is 0 Å². The first-order chi connectivity index (χ1) is 11.1. The number of hydrogen-bond donors (Lipinski definition) is 1. The van der Waals surface area contributed by atoms with E-state index in [2.05, 4.69) is 12.2 Å². The number of fused-ring (bicyclic) bond motifs is 1. The van der Waals surface area contributed by atoms with Gasteiger partial charge in [0.05, 0.1) is 12.2 Å². The highest BCUT2D eigenvalue weighted by Crippen LogP contribution is 2.34. The highest BCUT2D eigenvalue weighted by Gasteiger charge is 2.28. The summed E-state index contributed by atoms with van der Waals surface area (Å²) < 4.78 is 5.84. The molecule has 0 aliphatic carbocycles. The van der Waals surface area contributed by atoms with Crippen LogP contribution >= 0.6 is 0 Å². The normalized spacial score (nSPS) is 16.5. The molecule has 4 heteroatoms. The predicted molar refractivity (Wildman–Crippen MR) is 93.5 cm³/mol. The molecular formula is C19H22N2O2. The van der Waals surface area contributed by atoms with E-state index in [0.717, 1.165) is 34.7 Å². The third kappa shape index (κ3) is 3.16. The number of para-hydroxylation sites is 1. The number of urea groups is 1. The quantitative estimate of drug-likeness (QED) is 0.894. The molecule has 2 aromatic carbocycles. The van der Waals surface area contributed by atoms with Gasteiger partial charge in [0.1, 0.15) is 11.9 Å². The molecule has 2 amide bonds. The van der Waals surface area contributed by atoms with Gasteiger partial charge in [-0.15, -0.1) is 0 Å². The molecule has 0 aromatic heterocycles. The van der Waals surface area contributed by atoms with Crippen LogP contribution in [0.3, 0.4) is 0 Å². The van der Waals surface area contributed by atoms with Crippen molar-refractivity contribution >= 4 is 17.4 Å². The van der Waals surface area contributed by atoms with E-state index < -0.39 is 0 Å². The fraction of sp³-hybridized carbons (Fsp3) is 0.316. The number of anilines is 2. The Kier molecular flexibility index (Phi) is 4.24. The van der Waals surface area contributed by atoms with Gasteiger partial charge < -0.3 is 10.1 Å². The standard InChI is InChI=1S/C19H22N2O2/c1-4-15-7-5-6-8-16(15)20-19(22)21-12-14(3)23-18-10-9-13(2)11-17(18)21/h5-11,14H,4,12H2,1-3H3,(H,20,22)/t14-/m1/s1. The van der Waals surface area contributed by atoms with Crippen LogP contribution in [0.15, 0.2) is 42.5 Å². The van der Waals surface area contributed by atoms with Crippen LogP contribution in [0.25, 0.3) is 0 Å². The van der Waals surface area contributed by atoms with E-state index in [4.69, 9.17) is 4.74 Å². The van der Waals surface area contributed by atoms with Crippen LogP contribution < -0.4 is 15.0 Å². The first kappa shape index (κ1) is 15.4. The highest BCUT2D eigenvalue weighted by atomic mass is 16.5. The summed E-state index contributed by atoms with van der Waals surface area (Å²) in [6.07, 6.45) is 0.850. The molecule has 1 aliphatic rings. The molecule has 1 N–H and O–H groups in total. The van der Waals surface area contributed by atoms with E-state index in [-0.39, 0.29) is 12.1 Å². The lowest BCUT2D eigenvalue weighted by atomic mass is 10.1. The van der Waals surface area contributed by atoms with Gasteiger partial charge in [-0.3, -0.25) is 4.90 Å². The van der Waals surface area contributed by atoms with Crippen molar-refractivity contribution in [3.63, 3.8) is 0 Å². The minimum Gasteiger partial charge on any atom is -0.487 e. The van der Waals surface area contributed by atoms with Crippen LogP contribution in [-0.4, -0.2) is 18.7 Å². The molecule has 23 heavy (non-hydrogen) atoms. The number of nitrogens with one attached hydrogen (secondary N) is 1. The molecule has 0 unspecified atom stereocenters. The molecule has 3 rings (SSSR count). The number of hydrogen-bond acceptors (Lipinski definition) is 2. The Morgan fingerprint density at radius 2 is 2.09 bits per heavy atom. The summed E-state index contributed by atoms with van der Waals surface area (Å²) in [6.45, 7) is 6.61. The summed E-state index contributed by atoms with van der Waals surface area (Å²) in [5, 5.41) is 3.04. The van der Waals surface area contributed by atoms with Crippen LogP contribution in [0.2, 0.25) is 0 Å². The lowest BCUT2D eigenvalue weighted by Crippen LogP contribution is -2.44. The monoisotopic (exact) mass is 310 g/mol. The average Bonchev–Trinajstić information content (AvgIpc) is 2.55. The van der Waals surface area contributed by atoms with E-state index in [1.807, 2.05) is 56.3 Å². The number of rotatable bonds is 2. The fourth-order valence-corrected chi connectivity index (χ4v) is 2.87. The van der Waals surface area contributed by atoms with E-state index in [9.17, 15) is 4.79 Å². The van der Waals surface area contributed by atoms with Gasteiger partial charge in [0.15, 0.2) is 0 Å². The largest absolute Gasteiger partial charge is 0.487 e. The Morgan fingerprint density at radius 3 is 2.87 bits per heavy atom. The average molecular weight is 310 g/mol. The van der Waals surface area contributed by atoms with Crippen molar-refractivity contribution in [3.05, 3.63) is 53.6 Å². The summed E-state index contributed by atoms with van der Waals surface area (Å²) in [7, 11) is 0. The Morgan fingerprint density at radius 1 is 1.30 bits per heavy atom. The molecular weight excluding hydrogens is 288 g/mol. The first-order valence-electron chi connectivity index (χ1n) is 8.02. The molecule has 1 aliphatic heterocycles. The fourth-order valence-electron chi connectivity index (χ4n) is 2.87. The van der Waals surface area contributed by atoms with Crippen molar-refractivity contribution in [2.24, 2.45) is 0 Å². The molecule has 0 spiro atoms. The van der Waals surface area contributed by atoms with Crippen LogP contribution in [0.1, 0.15) is 25.0 Å². The summed E-state index contributed by atoms with van der Waals surface area (Å²) in [4.78, 5) is 14.6. The number of aryl methyl sites for hydroxylation is 2. The van der Waals surface area contributed by atoms with E-state index in [1.54, 1.807) is 4.90 Å². The summed E-state index contributed by atoms with van der Waals surface area (Å²) in [5.41, 5.74) is 3.93. The van der Waals surface area contributed by atoms with Crippen LogP contribution in [0.5, 0.6) is 5.75 Å². The van der Waals surface area contributed by atoms with Gasteiger partial charge in [0.25, 0.3) is 0 Å². The predicted octanol–water partition coefficient (Wildman–Crippen LogP) is 4.38. The molecule has 0 radical (unpaired) electrons. The zero-order valence-corrected chi connectivity index (χ0v) is 13.8. The van der Waals surface area contributed by atoms with Crippen molar-refractivity contribution < 1.29 is 9.53 Å². The second-order valence-electron chi connectivity index (χ2n) is 5.95. The lowest BCUT2D eigenvalue weighted by molar-refractivity contribution is 0.208. The van der Waals surface area contributed by atoms with Gasteiger partial charge in [-0.1, -0.05) is 31.2 Å². The second kappa shape index (κ2) is 6.32. The minimum atomic E-state index is -0.118. The van der Waals surface area contributed by atoms with Gasteiger partial charge in [-0.05, 0) is 49.6 Å². The zero-order chi connectivity index (χ0) is 16.4. The van der Waals surface area contributed by atoms with Gasteiger partial charge in [0, 0.05) is 5.69 Å². The maximum Gasteiger partial charge on any atom is 0.326 e. The molecule has 1 heterocycles. The van der Waals surface area contributed by atoms with Crippen molar-refractivity contribution in [2.75, 3.05) is 16.8 Å². The third-order valence-corrected chi connectivity index (χ3v) is 4.06. The Labute approximate surface area is 137 Å². The second-order valence-corrected chi connectivity index (χ2v) is 5.95. The topological polar surface area (TPSA) is 41.6 Å². The maximum absolute atomic E-state index is 12.8. The molecule has 120 valence electrons. The summed E-state index contributed by atoms with van der Waals surface area (Å²) in [6, 6.07) is 13.7. The number of carbonyl (C=O) groups excluding carboxylic acids is 1. The Bertz CT molecular complexity index is 727. The van der Waals surface area contributed by atoms with Gasteiger partial charge in [-0.25, -0.2) is 4.79 Å². The molecule has 1 atom stereocenters. The number of amides is 2. The smallest absolute Gasteiger partial charge is 0.326 e. The third-order valence-electron chi connectivity index (χ3n) is 4.06. The maximum atomic E-state index is 12.8. The molecule has 0 saturated heterocycles. The lowest BCUT2D eigenvalue weighted by Gasteiger charge is -2.33. The number of nitrogens with zero attached hydrogens (tertiary/aromatic N) is 1. The Hall–Kier alpha value is -2.49. The van der Waals surface area contributed by atoms with Crippen molar-refractivity contribution in [1.29, 1.82) is 0 Å². The van der Waals surface area contributed by atoms with Crippen molar-refractivity contribution in [2.45, 2.75) is 33.3 Å². The van der Waals surface area contributed by atoms with E-state index in [1.165, 1.54) is 0 Å². The number of carbonyl (C=O) groups is 1. The van der Waals surface area contributed by atoms with Crippen molar-refractivity contribution in [3.8, 4) is 5.75 Å². The number of ether oxygens (including phenoxy) is 1. The molecule has 0 saturated carbocycles. The molecule has 0 fully saturated rings. The highest BCUT2D eigenvalue weighted by molar-refractivity contribution is 6.03. The SMILES string of the molecule is CCc1ccccc1NC(=O)N1C[C@@H](C)Oc2ccc(C)cc21. The van der Waals surface area contributed by atoms with E-state index >= 15 is 0 Å². The zero-order valence-electron chi connectivity index (χ0n) is 13.8. The van der Waals surface area contributed by atoms with Gasteiger partial charge >= 0.3 is 6.03 Å². The molecule has 2 aromatic rings. The van der Waals surface area contributed by atoms with Crippen LogP contribution in [0.4, 0.5) is 16.2 Å². The van der Waals surface area contributed by atoms with Gasteiger partial charge in [0.2, 0.25) is 0 Å². The molecule has 4 nitrogen and oxygen atoms in total. The number of benzene rings is 2. The van der Waals surface area contributed by atoms with Crippen LogP contribution in [0, 0.1) is 6.92 Å². The first-order valence-corrected chi connectivity index (χ1v) is 8.02. The molecule has 0 bridgehead atoms. The summed E-state index contributed by atoms with van der Waals surface area (Å²) >= 11 is 0. The van der Waals surface area contributed by atoms with Crippen LogP contribution in [-0.2, 0) is 6.42 Å².